The highest BCUT2D eigenvalue weighted by Crippen LogP contribution is 2.43. The van der Waals surface area contributed by atoms with Crippen LogP contribution in [-0.4, -0.2) is 26.2 Å². The molecule has 1 atom stereocenters. The van der Waals surface area contributed by atoms with Crippen LogP contribution < -0.4 is 10.5 Å². The molecule has 1 unspecified atom stereocenters. The fourth-order valence-electron chi connectivity index (χ4n) is 4.23. The van der Waals surface area contributed by atoms with Crippen LogP contribution in [0, 0.1) is 0 Å². The number of hydrogen-bond donors (Lipinski definition) is 0. The molecule has 7 nitrogen and oxygen atoms in total. The Kier molecular flexibility index (Phi) is 5.01. The monoisotopic (exact) mass is 438 g/mol. The number of pyridine rings is 1. The zero-order valence-corrected chi connectivity index (χ0v) is 18.3. The van der Waals surface area contributed by atoms with E-state index in [4.69, 9.17) is 4.74 Å². The van der Waals surface area contributed by atoms with Crippen molar-refractivity contribution in [3.8, 4) is 17.1 Å². The Bertz CT molecular complexity index is 1350. The Morgan fingerprint density at radius 3 is 2.18 bits per heavy atom. The van der Waals surface area contributed by atoms with Crippen LogP contribution in [0.4, 0.5) is 10.5 Å². The molecular formula is C26H22N4O3. The molecular weight excluding hydrogens is 416 g/mol. The zero-order chi connectivity index (χ0) is 23.0. The first-order valence-electron chi connectivity index (χ1n) is 10.6. The largest absolute Gasteiger partial charge is 0.441 e. The lowest BCUT2D eigenvalue weighted by Gasteiger charge is -2.29. The molecule has 0 bridgehead atoms. The third-order valence-corrected chi connectivity index (χ3v) is 5.72. The maximum absolute atomic E-state index is 12.8. The van der Waals surface area contributed by atoms with E-state index in [-0.39, 0.29) is 11.6 Å². The van der Waals surface area contributed by atoms with Crippen LogP contribution >= 0.6 is 0 Å². The van der Waals surface area contributed by atoms with Crippen molar-refractivity contribution in [2.24, 2.45) is 0 Å². The van der Waals surface area contributed by atoms with E-state index in [1.165, 1.54) is 10.6 Å². The van der Waals surface area contributed by atoms with E-state index < -0.39 is 11.7 Å². The Morgan fingerprint density at radius 2 is 1.48 bits per heavy atom. The first kappa shape index (κ1) is 20.6. The van der Waals surface area contributed by atoms with Gasteiger partial charge in [-0.3, -0.25) is 14.3 Å². The van der Waals surface area contributed by atoms with Crippen LogP contribution in [0.1, 0.15) is 25.5 Å². The minimum atomic E-state index is -0.696. The van der Waals surface area contributed by atoms with Gasteiger partial charge in [0.15, 0.2) is 5.82 Å². The second-order valence-electron chi connectivity index (χ2n) is 8.37. The molecule has 3 heterocycles. The highest BCUT2D eigenvalue weighted by molar-refractivity contribution is 5.91. The van der Waals surface area contributed by atoms with Gasteiger partial charge in [0.1, 0.15) is 11.6 Å². The summed E-state index contributed by atoms with van der Waals surface area (Å²) in [5.74, 6) is 0.538. The number of amides is 1. The summed E-state index contributed by atoms with van der Waals surface area (Å²) in [7, 11) is 0. The minimum Gasteiger partial charge on any atom is -0.441 e. The summed E-state index contributed by atoms with van der Waals surface area (Å²) in [5.41, 5.74) is 2.21. The molecule has 7 heteroatoms. The van der Waals surface area contributed by atoms with Gasteiger partial charge in [-0.1, -0.05) is 30.3 Å². The Labute approximate surface area is 190 Å². The molecule has 0 radical (unpaired) electrons. The summed E-state index contributed by atoms with van der Waals surface area (Å²) >= 11 is 0. The number of rotatable bonds is 4. The molecule has 0 aliphatic carbocycles. The predicted octanol–water partition coefficient (Wildman–Crippen LogP) is 4.77. The van der Waals surface area contributed by atoms with Crippen molar-refractivity contribution in [3.63, 3.8) is 0 Å². The summed E-state index contributed by atoms with van der Waals surface area (Å²) in [5, 5.41) is 0. The summed E-state index contributed by atoms with van der Waals surface area (Å²) < 4.78 is 7.24. The van der Waals surface area contributed by atoms with Crippen molar-refractivity contribution in [1.29, 1.82) is 0 Å². The second-order valence-corrected chi connectivity index (χ2v) is 8.37. The zero-order valence-electron chi connectivity index (χ0n) is 18.3. The maximum Gasteiger partial charge on any atom is 0.415 e. The van der Waals surface area contributed by atoms with Gasteiger partial charge < -0.3 is 4.74 Å². The summed E-state index contributed by atoms with van der Waals surface area (Å²) in [4.78, 5) is 35.5. The lowest BCUT2D eigenvalue weighted by Crippen LogP contribution is -2.33. The first-order valence-corrected chi connectivity index (χ1v) is 10.6. The van der Waals surface area contributed by atoms with Gasteiger partial charge in [0.05, 0.1) is 0 Å². The van der Waals surface area contributed by atoms with Crippen LogP contribution in [0.3, 0.4) is 0 Å². The molecule has 1 amide bonds. The van der Waals surface area contributed by atoms with Gasteiger partial charge in [0, 0.05) is 41.6 Å². The van der Waals surface area contributed by atoms with Crippen molar-refractivity contribution in [3.05, 3.63) is 107 Å². The van der Waals surface area contributed by atoms with Crippen molar-refractivity contribution in [1.82, 2.24) is 14.5 Å². The number of carbonyl (C=O) groups is 1. The predicted molar refractivity (Wildman–Crippen MR) is 125 cm³/mol. The standard InChI is InChI=1S/C26H22N4O3/c1-26(2)23(18-7-4-3-5-8-18)30(25(32)33-26)21-12-10-20(11-13-21)29-17-19(9-14-22(29)31)24-27-15-6-16-28-24/h3-17,23H,1-2H3. The van der Waals surface area contributed by atoms with Gasteiger partial charge >= 0.3 is 6.09 Å². The van der Waals surface area contributed by atoms with E-state index in [0.29, 0.717) is 17.2 Å². The lowest BCUT2D eigenvalue weighted by atomic mass is 9.91. The third-order valence-electron chi connectivity index (χ3n) is 5.72. The maximum atomic E-state index is 12.8. The number of aromatic nitrogens is 3. The van der Waals surface area contributed by atoms with E-state index in [0.717, 1.165) is 11.1 Å². The molecule has 33 heavy (non-hydrogen) atoms. The quantitative estimate of drug-likeness (QED) is 0.459. The molecule has 5 rings (SSSR count). The smallest absolute Gasteiger partial charge is 0.415 e. The van der Waals surface area contributed by atoms with Gasteiger partial charge in [-0.15, -0.1) is 0 Å². The normalized spacial score (nSPS) is 17.1. The molecule has 0 saturated carbocycles. The summed E-state index contributed by atoms with van der Waals surface area (Å²) in [6, 6.07) is 21.8. The van der Waals surface area contributed by atoms with Gasteiger partial charge in [-0.05, 0) is 55.8 Å². The molecule has 1 aliphatic heterocycles. The Hall–Kier alpha value is -4.26. The fraction of sp³-hybridized carbons (Fsp3) is 0.154. The summed E-state index contributed by atoms with van der Waals surface area (Å²) in [6.45, 7) is 3.82. The van der Waals surface area contributed by atoms with Gasteiger partial charge in [-0.25, -0.2) is 14.8 Å². The molecule has 1 fully saturated rings. The van der Waals surface area contributed by atoms with Crippen molar-refractivity contribution < 1.29 is 9.53 Å². The number of anilines is 1. The van der Waals surface area contributed by atoms with Crippen LogP contribution in [-0.2, 0) is 4.74 Å². The molecule has 1 aliphatic rings. The van der Waals surface area contributed by atoms with Gasteiger partial charge in [0.25, 0.3) is 5.56 Å². The second kappa shape index (κ2) is 8.02. The van der Waals surface area contributed by atoms with E-state index in [1.54, 1.807) is 35.6 Å². The summed E-state index contributed by atoms with van der Waals surface area (Å²) in [6.07, 6.45) is 4.63. The van der Waals surface area contributed by atoms with E-state index in [9.17, 15) is 9.59 Å². The number of carbonyl (C=O) groups excluding carboxylic acids is 1. The Morgan fingerprint density at radius 1 is 0.818 bits per heavy atom. The molecule has 2 aromatic carbocycles. The fourth-order valence-corrected chi connectivity index (χ4v) is 4.23. The highest BCUT2D eigenvalue weighted by Gasteiger charge is 2.49. The minimum absolute atomic E-state index is 0.175. The average Bonchev–Trinajstić information content (AvgIpc) is 3.08. The number of nitrogens with zero attached hydrogens (tertiary/aromatic N) is 4. The van der Waals surface area contributed by atoms with Crippen LogP contribution in [0.15, 0.2) is 96.2 Å². The third kappa shape index (κ3) is 3.78. The molecule has 4 aromatic rings. The SMILES string of the molecule is CC1(C)OC(=O)N(c2ccc(-n3cc(-c4ncccn4)ccc3=O)cc2)C1c1ccccc1. The van der Waals surface area contributed by atoms with Crippen molar-refractivity contribution in [2.45, 2.75) is 25.5 Å². The van der Waals surface area contributed by atoms with Crippen LogP contribution in [0.2, 0.25) is 0 Å². The number of hydrogen-bond acceptors (Lipinski definition) is 5. The first-order chi connectivity index (χ1) is 15.9. The van der Waals surface area contributed by atoms with E-state index in [2.05, 4.69) is 9.97 Å². The number of cyclic esters (lactones) is 1. The Balaban J connectivity index is 1.51. The van der Waals surface area contributed by atoms with Crippen LogP contribution in [0.5, 0.6) is 0 Å². The molecule has 0 spiro atoms. The highest BCUT2D eigenvalue weighted by atomic mass is 16.6. The van der Waals surface area contributed by atoms with Crippen molar-refractivity contribution in [2.75, 3.05) is 4.90 Å². The van der Waals surface area contributed by atoms with Gasteiger partial charge in [-0.2, -0.15) is 0 Å². The van der Waals surface area contributed by atoms with Crippen LogP contribution in [0.25, 0.3) is 17.1 Å². The van der Waals surface area contributed by atoms with E-state index in [1.807, 2.05) is 68.4 Å². The van der Waals surface area contributed by atoms with Crippen molar-refractivity contribution >= 4 is 11.8 Å². The molecule has 164 valence electrons. The number of benzene rings is 2. The average molecular weight is 438 g/mol. The topological polar surface area (TPSA) is 77.3 Å². The number of ether oxygens (including phenoxy) is 1. The molecule has 0 N–H and O–H groups in total. The van der Waals surface area contributed by atoms with Gasteiger partial charge in [0.2, 0.25) is 0 Å². The van der Waals surface area contributed by atoms with E-state index >= 15 is 0 Å². The lowest BCUT2D eigenvalue weighted by molar-refractivity contribution is 0.0685. The molecule has 2 aromatic heterocycles. The molecule has 1 saturated heterocycles.